The van der Waals surface area contributed by atoms with E-state index in [-0.39, 0.29) is 17.6 Å². The van der Waals surface area contributed by atoms with Crippen molar-refractivity contribution in [3.8, 4) is 11.4 Å². The zero-order valence-corrected chi connectivity index (χ0v) is 16.5. The smallest absolute Gasteiger partial charge is 0.232 e. The van der Waals surface area contributed by atoms with Crippen LogP contribution in [0.3, 0.4) is 0 Å². The molecule has 0 N–H and O–H groups in total. The lowest BCUT2D eigenvalue weighted by Crippen LogP contribution is -2.24. The van der Waals surface area contributed by atoms with Crippen molar-refractivity contribution in [2.45, 2.75) is 26.2 Å². The number of rotatable bonds is 3. The molecule has 2 aromatic carbocycles. The topological polar surface area (TPSA) is 59.2 Å². The fraction of sp³-hybridized carbons (Fsp3) is 0.250. The SMILES string of the molecule is Cc1cc(C)cc(N2CC(c3nc(-c4ccc(F)c(Br)c4)no3)CC2=O)c1. The van der Waals surface area contributed by atoms with Crippen molar-refractivity contribution in [1.82, 2.24) is 10.1 Å². The van der Waals surface area contributed by atoms with Gasteiger partial charge in [-0.2, -0.15) is 4.98 Å². The van der Waals surface area contributed by atoms with Crippen LogP contribution in [-0.4, -0.2) is 22.6 Å². The van der Waals surface area contributed by atoms with Gasteiger partial charge >= 0.3 is 0 Å². The lowest BCUT2D eigenvalue weighted by atomic mass is 10.1. The van der Waals surface area contributed by atoms with E-state index in [9.17, 15) is 9.18 Å². The molecule has 0 spiro atoms. The van der Waals surface area contributed by atoms with Gasteiger partial charge in [-0.05, 0) is 71.2 Å². The summed E-state index contributed by atoms with van der Waals surface area (Å²) in [5.41, 5.74) is 3.77. The van der Waals surface area contributed by atoms with E-state index >= 15 is 0 Å². The molecule has 0 aliphatic carbocycles. The number of carbonyl (C=O) groups excluding carboxylic acids is 1. The standard InChI is InChI=1S/C20H17BrFN3O2/c1-11-5-12(2)7-15(6-11)25-10-14(9-18(25)26)20-23-19(24-27-20)13-3-4-17(22)16(21)8-13/h3-8,14H,9-10H2,1-2H3. The summed E-state index contributed by atoms with van der Waals surface area (Å²) >= 11 is 3.16. The van der Waals surface area contributed by atoms with E-state index in [0.717, 1.165) is 16.8 Å². The number of carbonyl (C=O) groups is 1. The first-order valence-corrected chi connectivity index (χ1v) is 9.37. The molecule has 1 unspecified atom stereocenters. The van der Waals surface area contributed by atoms with Gasteiger partial charge in [0.25, 0.3) is 0 Å². The Labute approximate surface area is 164 Å². The van der Waals surface area contributed by atoms with Gasteiger partial charge in [0, 0.05) is 24.2 Å². The molecular weight excluding hydrogens is 413 g/mol. The number of aromatic nitrogens is 2. The first kappa shape index (κ1) is 17.9. The Balaban J connectivity index is 1.57. The minimum Gasteiger partial charge on any atom is -0.339 e. The van der Waals surface area contributed by atoms with Crippen molar-refractivity contribution in [3.05, 3.63) is 63.7 Å². The van der Waals surface area contributed by atoms with Crippen molar-refractivity contribution in [2.75, 3.05) is 11.4 Å². The van der Waals surface area contributed by atoms with Gasteiger partial charge in [0.05, 0.1) is 10.4 Å². The highest BCUT2D eigenvalue weighted by Gasteiger charge is 2.35. The van der Waals surface area contributed by atoms with Crippen LogP contribution >= 0.6 is 15.9 Å². The van der Waals surface area contributed by atoms with E-state index in [1.807, 2.05) is 26.0 Å². The maximum Gasteiger partial charge on any atom is 0.232 e. The Morgan fingerprint density at radius 2 is 1.93 bits per heavy atom. The average Bonchev–Trinajstić information content (AvgIpc) is 3.23. The summed E-state index contributed by atoms with van der Waals surface area (Å²) in [7, 11) is 0. The highest BCUT2D eigenvalue weighted by molar-refractivity contribution is 9.10. The third-order valence-corrected chi connectivity index (χ3v) is 5.22. The number of aryl methyl sites for hydroxylation is 2. The highest BCUT2D eigenvalue weighted by atomic mass is 79.9. The molecule has 27 heavy (non-hydrogen) atoms. The third kappa shape index (κ3) is 3.51. The van der Waals surface area contributed by atoms with Gasteiger partial charge in [0.2, 0.25) is 17.6 Å². The lowest BCUT2D eigenvalue weighted by Gasteiger charge is -2.17. The second kappa shape index (κ2) is 6.88. The van der Waals surface area contributed by atoms with E-state index < -0.39 is 0 Å². The van der Waals surface area contributed by atoms with Gasteiger partial charge < -0.3 is 9.42 Å². The van der Waals surface area contributed by atoms with Crippen molar-refractivity contribution in [2.24, 2.45) is 0 Å². The molecule has 0 saturated carbocycles. The Kier molecular flexibility index (Phi) is 4.55. The number of hydrogen-bond acceptors (Lipinski definition) is 4. The Morgan fingerprint density at radius 1 is 1.19 bits per heavy atom. The van der Waals surface area contributed by atoms with Crippen LogP contribution in [0.4, 0.5) is 10.1 Å². The molecule has 1 aliphatic heterocycles. The van der Waals surface area contributed by atoms with Gasteiger partial charge in [-0.3, -0.25) is 4.79 Å². The van der Waals surface area contributed by atoms with Gasteiger partial charge in [-0.15, -0.1) is 0 Å². The molecule has 0 radical (unpaired) electrons. The van der Waals surface area contributed by atoms with E-state index in [2.05, 4.69) is 32.1 Å². The Bertz CT molecular complexity index is 1010. The number of halogens is 2. The van der Waals surface area contributed by atoms with Crippen LogP contribution in [0.15, 0.2) is 45.4 Å². The molecule has 138 valence electrons. The summed E-state index contributed by atoms with van der Waals surface area (Å²) in [5.74, 6) is 0.319. The van der Waals surface area contributed by atoms with Crippen LogP contribution in [0.2, 0.25) is 0 Å². The quantitative estimate of drug-likeness (QED) is 0.601. The lowest BCUT2D eigenvalue weighted by molar-refractivity contribution is -0.117. The molecule has 4 rings (SSSR count). The molecule has 0 bridgehead atoms. The average molecular weight is 430 g/mol. The molecular formula is C20H17BrFN3O2. The van der Waals surface area contributed by atoms with E-state index in [1.165, 1.54) is 6.07 Å². The van der Waals surface area contributed by atoms with Crippen LogP contribution in [0.1, 0.15) is 29.4 Å². The zero-order chi connectivity index (χ0) is 19.1. The van der Waals surface area contributed by atoms with Crippen molar-refractivity contribution in [1.29, 1.82) is 0 Å². The van der Waals surface area contributed by atoms with E-state index in [1.54, 1.807) is 17.0 Å². The summed E-state index contributed by atoms with van der Waals surface area (Å²) < 4.78 is 19.2. The van der Waals surface area contributed by atoms with E-state index in [0.29, 0.717) is 34.7 Å². The molecule has 3 aromatic rings. The minimum absolute atomic E-state index is 0.0364. The monoisotopic (exact) mass is 429 g/mol. The molecule has 1 amide bonds. The zero-order valence-electron chi connectivity index (χ0n) is 14.9. The molecule has 5 nitrogen and oxygen atoms in total. The first-order valence-electron chi connectivity index (χ1n) is 8.58. The van der Waals surface area contributed by atoms with Gasteiger partial charge in [-0.1, -0.05) is 11.2 Å². The van der Waals surface area contributed by atoms with Crippen LogP contribution in [-0.2, 0) is 4.79 Å². The van der Waals surface area contributed by atoms with Gasteiger partial charge in [0.15, 0.2) is 0 Å². The summed E-state index contributed by atoms with van der Waals surface area (Å²) in [6, 6.07) is 10.6. The van der Waals surface area contributed by atoms with Crippen molar-refractivity contribution < 1.29 is 13.7 Å². The molecule has 1 saturated heterocycles. The molecule has 2 heterocycles. The molecule has 1 fully saturated rings. The number of benzene rings is 2. The Hall–Kier alpha value is -2.54. The largest absolute Gasteiger partial charge is 0.339 e. The molecule has 1 aromatic heterocycles. The van der Waals surface area contributed by atoms with Crippen LogP contribution in [0.25, 0.3) is 11.4 Å². The predicted octanol–water partition coefficient (Wildman–Crippen LogP) is 4.78. The van der Waals surface area contributed by atoms with Crippen LogP contribution in [0, 0.1) is 19.7 Å². The predicted molar refractivity (Wildman–Crippen MR) is 103 cm³/mol. The first-order chi connectivity index (χ1) is 12.9. The maximum absolute atomic E-state index is 13.4. The summed E-state index contributed by atoms with van der Waals surface area (Å²) in [4.78, 5) is 18.7. The van der Waals surface area contributed by atoms with Gasteiger partial charge in [-0.25, -0.2) is 4.39 Å². The molecule has 1 aliphatic rings. The van der Waals surface area contributed by atoms with Crippen LogP contribution < -0.4 is 4.90 Å². The van der Waals surface area contributed by atoms with E-state index in [4.69, 9.17) is 4.52 Å². The minimum atomic E-state index is -0.354. The molecule has 1 atom stereocenters. The fourth-order valence-electron chi connectivity index (χ4n) is 3.38. The number of nitrogens with zero attached hydrogens (tertiary/aromatic N) is 3. The summed E-state index contributed by atoms with van der Waals surface area (Å²) in [6.07, 6.45) is 0.321. The van der Waals surface area contributed by atoms with Gasteiger partial charge in [0.1, 0.15) is 5.82 Å². The fourth-order valence-corrected chi connectivity index (χ4v) is 3.76. The van der Waals surface area contributed by atoms with Crippen molar-refractivity contribution in [3.63, 3.8) is 0 Å². The number of anilines is 1. The molecule has 7 heteroatoms. The number of amides is 1. The summed E-state index contributed by atoms with van der Waals surface area (Å²) in [6.45, 7) is 4.52. The van der Waals surface area contributed by atoms with Crippen LogP contribution in [0.5, 0.6) is 0 Å². The maximum atomic E-state index is 13.4. The normalized spacial score (nSPS) is 17.0. The Morgan fingerprint density at radius 3 is 2.63 bits per heavy atom. The second-order valence-corrected chi connectivity index (χ2v) is 7.69. The highest BCUT2D eigenvalue weighted by Crippen LogP contribution is 2.33. The second-order valence-electron chi connectivity index (χ2n) is 6.84. The third-order valence-electron chi connectivity index (χ3n) is 4.61. The number of hydrogen-bond donors (Lipinski definition) is 0. The van der Waals surface area contributed by atoms with Crippen molar-refractivity contribution >= 4 is 27.5 Å². The summed E-state index contributed by atoms with van der Waals surface area (Å²) in [5, 5.41) is 3.99.